The lowest BCUT2D eigenvalue weighted by Gasteiger charge is -2.14. The smallest absolute Gasteiger partial charge is 0.262 e. The summed E-state index contributed by atoms with van der Waals surface area (Å²) in [5.41, 5.74) is 1.91. The molecule has 0 aliphatic carbocycles. The Labute approximate surface area is 174 Å². The summed E-state index contributed by atoms with van der Waals surface area (Å²) < 4.78 is 33.2. The van der Waals surface area contributed by atoms with Crippen molar-refractivity contribution in [2.45, 2.75) is 11.8 Å². The maximum absolute atomic E-state index is 12.7. The van der Waals surface area contributed by atoms with E-state index in [1.165, 1.54) is 19.2 Å². The van der Waals surface area contributed by atoms with Crippen LogP contribution in [0.5, 0.6) is 5.75 Å². The number of rotatable bonds is 6. The Morgan fingerprint density at radius 3 is 2.31 bits per heavy atom. The number of anilines is 2. The van der Waals surface area contributed by atoms with Gasteiger partial charge in [-0.3, -0.25) is 9.52 Å². The monoisotopic (exact) mass is 430 g/mol. The van der Waals surface area contributed by atoms with Gasteiger partial charge >= 0.3 is 0 Å². The van der Waals surface area contributed by atoms with Crippen LogP contribution in [-0.2, 0) is 10.0 Å². The van der Waals surface area contributed by atoms with Gasteiger partial charge < -0.3 is 10.1 Å². The standard InChI is InChI=1S/C21H19ClN2O4S/c1-14-13-17(29(26,27)24-19-5-3-4-6-20(19)28-2)11-12-18(14)23-21(25)15-7-9-16(22)10-8-15/h3-13,24H,1-2H3,(H,23,25). The molecule has 3 rings (SSSR count). The van der Waals surface area contributed by atoms with E-state index >= 15 is 0 Å². The molecule has 0 atom stereocenters. The van der Waals surface area contributed by atoms with Crippen molar-refractivity contribution in [2.75, 3.05) is 17.1 Å². The van der Waals surface area contributed by atoms with E-state index < -0.39 is 10.0 Å². The minimum absolute atomic E-state index is 0.0744. The van der Waals surface area contributed by atoms with E-state index in [2.05, 4.69) is 10.0 Å². The molecule has 150 valence electrons. The third kappa shape index (κ3) is 4.88. The predicted molar refractivity (Wildman–Crippen MR) is 114 cm³/mol. The first-order valence-corrected chi connectivity index (χ1v) is 10.5. The lowest BCUT2D eigenvalue weighted by Crippen LogP contribution is -2.15. The summed E-state index contributed by atoms with van der Waals surface area (Å²) >= 11 is 5.84. The van der Waals surface area contributed by atoms with Crippen LogP contribution < -0.4 is 14.8 Å². The molecule has 2 N–H and O–H groups in total. The second-order valence-electron chi connectivity index (χ2n) is 6.24. The van der Waals surface area contributed by atoms with Crippen molar-refractivity contribution in [3.05, 3.63) is 82.9 Å². The van der Waals surface area contributed by atoms with E-state index in [9.17, 15) is 13.2 Å². The van der Waals surface area contributed by atoms with Gasteiger partial charge in [0.05, 0.1) is 17.7 Å². The van der Waals surface area contributed by atoms with E-state index in [1.807, 2.05) is 0 Å². The molecule has 29 heavy (non-hydrogen) atoms. The highest BCUT2D eigenvalue weighted by molar-refractivity contribution is 7.92. The molecular formula is C21H19ClN2O4S. The topological polar surface area (TPSA) is 84.5 Å². The molecule has 6 nitrogen and oxygen atoms in total. The summed E-state index contributed by atoms with van der Waals surface area (Å²) in [5.74, 6) is 0.104. The summed E-state index contributed by atoms with van der Waals surface area (Å²) in [7, 11) is -2.36. The van der Waals surface area contributed by atoms with Gasteiger partial charge in [0.15, 0.2) is 0 Å². The molecule has 0 aliphatic heterocycles. The molecule has 0 saturated carbocycles. The number of hydrogen-bond acceptors (Lipinski definition) is 4. The van der Waals surface area contributed by atoms with Gasteiger partial charge in [-0.05, 0) is 67.1 Å². The maximum atomic E-state index is 12.7. The number of sulfonamides is 1. The highest BCUT2D eigenvalue weighted by atomic mass is 35.5. The van der Waals surface area contributed by atoms with E-state index in [0.29, 0.717) is 33.3 Å². The quantitative estimate of drug-likeness (QED) is 0.593. The van der Waals surface area contributed by atoms with Crippen LogP contribution in [-0.4, -0.2) is 21.4 Å². The second-order valence-corrected chi connectivity index (χ2v) is 8.36. The fourth-order valence-electron chi connectivity index (χ4n) is 2.67. The zero-order valence-electron chi connectivity index (χ0n) is 15.8. The van der Waals surface area contributed by atoms with Gasteiger partial charge in [0.25, 0.3) is 15.9 Å². The highest BCUT2D eigenvalue weighted by Crippen LogP contribution is 2.27. The molecule has 8 heteroatoms. The minimum Gasteiger partial charge on any atom is -0.495 e. The number of ether oxygens (including phenoxy) is 1. The fraction of sp³-hybridized carbons (Fsp3) is 0.0952. The van der Waals surface area contributed by atoms with E-state index in [1.54, 1.807) is 61.5 Å². The first-order valence-electron chi connectivity index (χ1n) is 8.63. The Morgan fingerprint density at radius 2 is 1.66 bits per heavy atom. The van der Waals surface area contributed by atoms with Gasteiger partial charge in [0.1, 0.15) is 5.75 Å². The van der Waals surface area contributed by atoms with E-state index in [4.69, 9.17) is 16.3 Å². The van der Waals surface area contributed by atoms with E-state index in [0.717, 1.165) is 0 Å². The van der Waals surface area contributed by atoms with Gasteiger partial charge in [-0.2, -0.15) is 0 Å². The average molecular weight is 431 g/mol. The van der Waals surface area contributed by atoms with Crippen LogP contribution in [0.4, 0.5) is 11.4 Å². The molecule has 1 amide bonds. The van der Waals surface area contributed by atoms with Crippen LogP contribution in [0.25, 0.3) is 0 Å². The maximum Gasteiger partial charge on any atom is 0.262 e. The van der Waals surface area contributed by atoms with Crippen molar-refractivity contribution in [1.29, 1.82) is 0 Å². The molecule has 0 fully saturated rings. The summed E-state index contributed by atoms with van der Waals surface area (Å²) in [5, 5.41) is 3.31. The van der Waals surface area contributed by atoms with Gasteiger partial charge in [0, 0.05) is 16.3 Å². The van der Waals surface area contributed by atoms with Crippen LogP contribution in [0, 0.1) is 6.92 Å². The van der Waals surface area contributed by atoms with Gasteiger partial charge in [-0.25, -0.2) is 8.42 Å². The van der Waals surface area contributed by atoms with Crippen LogP contribution >= 0.6 is 11.6 Å². The van der Waals surface area contributed by atoms with Crippen molar-refractivity contribution >= 4 is 38.9 Å². The normalized spacial score (nSPS) is 11.0. The number of nitrogens with one attached hydrogen (secondary N) is 2. The predicted octanol–water partition coefficient (Wildman–Crippen LogP) is 4.71. The number of carbonyl (C=O) groups excluding carboxylic acids is 1. The Hall–Kier alpha value is -3.03. The number of benzene rings is 3. The van der Waals surface area contributed by atoms with Gasteiger partial charge in [-0.1, -0.05) is 23.7 Å². The SMILES string of the molecule is COc1ccccc1NS(=O)(=O)c1ccc(NC(=O)c2ccc(Cl)cc2)c(C)c1. The third-order valence-electron chi connectivity index (χ3n) is 4.21. The first-order chi connectivity index (χ1) is 13.8. The van der Waals surface area contributed by atoms with Gasteiger partial charge in [0.2, 0.25) is 0 Å². The van der Waals surface area contributed by atoms with Crippen LogP contribution in [0.15, 0.2) is 71.6 Å². The van der Waals surface area contributed by atoms with Crippen molar-refractivity contribution in [3.8, 4) is 5.75 Å². The van der Waals surface area contributed by atoms with Crippen LogP contribution in [0.1, 0.15) is 15.9 Å². The number of halogens is 1. The third-order valence-corrected chi connectivity index (χ3v) is 5.83. The Kier molecular flexibility index (Phi) is 6.10. The van der Waals surface area contributed by atoms with Crippen molar-refractivity contribution in [3.63, 3.8) is 0 Å². The Bertz CT molecular complexity index is 1150. The summed E-state index contributed by atoms with van der Waals surface area (Å²) in [6.07, 6.45) is 0. The average Bonchev–Trinajstić information content (AvgIpc) is 2.70. The molecule has 0 spiro atoms. The summed E-state index contributed by atoms with van der Waals surface area (Å²) in [6, 6.07) is 17.7. The summed E-state index contributed by atoms with van der Waals surface area (Å²) in [4.78, 5) is 12.4. The number of para-hydroxylation sites is 2. The summed E-state index contributed by atoms with van der Waals surface area (Å²) in [6.45, 7) is 1.72. The molecule has 3 aromatic rings. The highest BCUT2D eigenvalue weighted by Gasteiger charge is 2.18. The molecule has 0 radical (unpaired) electrons. The molecule has 0 unspecified atom stereocenters. The first kappa shape index (κ1) is 20.7. The second kappa shape index (κ2) is 8.55. The number of amides is 1. The van der Waals surface area contributed by atoms with Gasteiger partial charge in [-0.15, -0.1) is 0 Å². The zero-order chi connectivity index (χ0) is 21.0. The minimum atomic E-state index is -3.83. The molecule has 0 bridgehead atoms. The molecule has 0 heterocycles. The largest absolute Gasteiger partial charge is 0.495 e. The molecular weight excluding hydrogens is 412 g/mol. The molecule has 3 aromatic carbocycles. The van der Waals surface area contributed by atoms with Crippen molar-refractivity contribution < 1.29 is 17.9 Å². The van der Waals surface area contributed by atoms with Crippen molar-refractivity contribution in [1.82, 2.24) is 0 Å². The number of carbonyl (C=O) groups is 1. The Morgan fingerprint density at radius 1 is 0.966 bits per heavy atom. The number of hydrogen-bond donors (Lipinski definition) is 2. The van der Waals surface area contributed by atoms with Crippen molar-refractivity contribution in [2.24, 2.45) is 0 Å². The number of methoxy groups -OCH3 is 1. The fourth-order valence-corrected chi connectivity index (χ4v) is 3.95. The van der Waals surface area contributed by atoms with Crippen LogP contribution in [0.3, 0.4) is 0 Å². The van der Waals surface area contributed by atoms with Crippen LogP contribution in [0.2, 0.25) is 5.02 Å². The zero-order valence-corrected chi connectivity index (χ0v) is 17.3. The lowest BCUT2D eigenvalue weighted by atomic mass is 10.1. The Balaban J connectivity index is 1.81. The number of aryl methyl sites for hydroxylation is 1. The lowest BCUT2D eigenvalue weighted by molar-refractivity contribution is 0.102. The van der Waals surface area contributed by atoms with E-state index in [-0.39, 0.29) is 10.8 Å². The molecule has 0 aliphatic rings. The molecule has 0 aromatic heterocycles. The molecule has 0 saturated heterocycles.